The number of aromatic nitrogens is 1. The van der Waals surface area contributed by atoms with Crippen molar-refractivity contribution in [1.82, 2.24) is 4.98 Å². The van der Waals surface area contributed by atoms with E-state index in [1.54, 1.807) is 24.3 Å². The van der Waals surface area contributed by atoms with Crippen molar-refractivity contribution >= 4 is 32.8 Å². The van der Waals surface area contributed by atoms with E-state index in [9.17, 15) is 21.6 Å². The number of hydrogen-bond donors (Lipinski definition) is 0. The van der Waals surface area contributed by atoms with Crippen LogP contribution in [0, 0.1) is 0 Å². The molecule has 0 atom stereocenters. The van der Waals surface area contributed by atoms with E-state index in [1.807, 2.05) is 0 Å². The third-order valence-electron chi connectivity index (χ3n) is 2.96. The van der Waals surface area contributed by atoms with Crippen LogP contribution in [0.3, 0.4) is 0 Å². The summed E-state index contributed by atoms with van der Waals surface area (Å²) in [6.07, 6.45) is 0. The number of benzene rings is 2. The van der Waals surface area contributed by atoms with E-state index in [-0.39, 0.29) is 10.9 Å². The first-order valence-corrected chi connectivity index (χ1v) is 8.12. The molecule has 1 aromatic heterocycles. The van der Waals surface area contributed by atoms with Gasteiger partial charge in [0, 0.05) is 5.56 Å². The van der Waals surface area contributed by atoms with E-state index in [1.165, 1.54) is 12.1 Å². The van der Waals surface area contributed by atoms with Gasteiger partial charge in [-0.25, -0.2) is 4.98 Å². The lowest BCUT2D eigenvalue weighted by atomic mass is 10.2. The Balaban J connectivity index is 1.95. The average molecular weight is 378 g/mol. The Hall–Kier alpha value is -2.26. The molecule has 24 heavy (non-hydrogen) atoms. The molecule has 3 rings (SSSR count). The number of nitrogens with zero attached hydrogens (tertiary/aromatic N) is 1. The Morgan fingerprint density at radius 3 is 2.46 bits per heavy atom. The van der Waals surface area contributed by atoms with E-state index < -0.39 is 21.4 Å². The van der Waals surface area contributed by atoms with Crippen molar-refractivity contribution in [1.29, 1.82) is 0 Å². The van der Waals surface area contributed by atoms with Crippen molar-refractivity contribution in [3.05, 3.63) is 47.5 Å². The number of para-hydroxylation sites is 2. The maximum atomic E-state index is 12.3. The maximum Gasteiger partial charge on any atom is 0.534 e. The zero-order valence-corrected chi connectivity index (χ0v) is 13.1. The molecule has 2 aromatic carbocycles. The minimum absolute atomic E-state index is 0.184. The van der Waals surface area contributed by atoms with Gasteiger partial charge in [-0.05, 0) is 30.3 Å². The van der Waals surface area contributed by atoms with Gasteiger partial charge in [0.05, 0.1) is 5.02 Å². The number of hydrogen-bond acceptors (Lipinski definition) is 5. The van der Waals surface area contributed by atoms with Crippen LogP contribution in [0.25, 0.3) is 22.6 Å². The number of rotatable bonds is 3. The molecule has 10 heteroatoms. The first-order chi connectivity index (χ1) is 11.2. The highest BCUT2D eigenvalue weighted by Crippen LogP contribution is 2.34. The SMILES string of the molecule is O=S(=O)(Oc1ccc(-c2nc3ccccc3o2)cc1Cl)C(F)(F)F. The van der Waals surface area contributed by atoms with Gasteiger partial charge in [-0.3, -0.25) is 0 Å². The predicted molar refractivity (Wildman–Crippen MR) is 80.1 cm³/mol. The number of oxazole rings is 1. The molecule has 0 bridgehead atoms. The van der Waals surface area contributed by atoms with Gasteiger partial charge >= 0.3 is 15.6 Å². The van der Waals surface area contributed by atoms with Gasteiger partial charge in [-0.15, -0.1) is 0 Å². The summed E-state index contributed by atoms with van der Waals surface area (Å²) in [5, 5.41) is -0.331. The zero-order valence-electron chi connectivity index (χ0n) is 11.5. The van der Waals surface area contributed by atoms with Crippen molar-refractivity contribution in [2.45, 2.75) is 5.51 Å². The topological polar surface area (TPSA) is 69.4 Å². The normalized spacial score (nSPS) is 12.5. The molecule has 1 heterocycles. The summed E-state index contributed by atoms with van der Waals surface area (Å²) < 4.78 is 68.5. The second kappa shape index (κ2) is 5.67. The van der Waals surface area contributed by atoms with Crippen molar-refractivity contribution in [2.75, 3.05) is 0 Å². The Morgan fingerprint density at radius 1 is 1.12 bits per heavy atom. The van der Waals surface area contributed by atoms with Crippen molar-refractivity contribution < 1.29 is 30.2 Å². The Kier molecular flexibility index (Phi) is 3.92. The van der Waals surface area contributed by atoms with Crippen molar-refractivity contribution in [2.24, 2.45) is 0 Å². The lowest BCUT2D eigenvalue weighted by molar-refractivity contribution is -0.0500. The van der Waals surface area contributed by atoms with E-state index in [2.05, 4.69) is 9.17 Å². The van der Waals surface area contributed by atoms with Crippen LogP contribution in [0.2, 0.25) is 5.02 Å². The first-order valence-electron chi connectivity index (χ1n) is 6.34. The third kappa shape index (κ3) is 3.04. The van der Waals surface area contributed by atoms with E-state index in [4.69, 9.17) is 16.0 Å². The Labute approximate surface area is 138 Å². The lowest BCUT2D eigenvalue weighted by Gasteiger charge is -2.10. The second-order valence-corrected chi connectivity index (χ2v) is 6.56. The van der Waals surface area contributed by atoms with Crippen LogP contribution >= 0.6 is 11.6 Å². The van der Waals surface area contributed by atoms with E-state index >= 15 is 0 Å². The summed E-state index contributed by atoms with van der Waals surface area (Å²) in [5.74, 6) is -0.461. The van der Waals surface area contributed by atoms with Gasteiger partial charge in [0.25, 0.3) is 0 Å². The monoisotopic (exact) mass is 377 g/mol. The predicted octanol–water partition coefficient (Wildman–Crippen LogP) is 4.38. The minimum atomic E-state index is -5.79. The molecule has 0 N–H and O–H groups in total. The Morgan fingerprint density at radius 2 is 1.83 bits per heavy atom. The number of halogens is 4. The molecular weight excluding hydrogens is 371 g/mol. The van der Waals surface area contributed by atoms with Crippen LogP contribution in [0.1, 0.15) is 0 Å². The molecule has 0 aliphatic rings. The van der Waals surface area contributed by atoms with Crippen LogP contribution < -0.4 is 4.18 Å². The molecule has 0 saturated heterocycles. The molecule has 126 valence electrons. The molecule has 0 aliphatic heterocycles. The highest BCUT2D eigenvalue weighted by atomic mass is 35.5. The molecule has 3 aromatic rings. The largest absolute Gasteiger partial charge is 0.534 e. The summed E-state index contributed by atoms with van der Waals surface area (Å²) in [5.41, 5.74) is -4.09. The van der Waals surface area contributed by atoms with Gasteiger partial charge in [-0.1, -0.05) is 23.7 Å². The summed E-state index contributed by atoms with van der Waals surface area (Å²) >= 11 is 5.81. The van der Waals surface area contributed by atoms with E-state index in [0.29, 0.717) is 16.7 Å². The summed E-state index contributed by atoms with van der Waals surface area (Å²) in [7, 11) is -5.79. The van der Waals surface area contributed by atoms with Crippen molar-refractivity contribution in [3.63, 3.8) is 0 Å². The van der Waals surface area contributed by atoms with Crippen molar-refractivity contribution in [3.8, 4) is 17.2 Å². The van der Waals surface area contributed by atoms with Crippen LogP contribution in [-0.4, -0.2) is 18.9 Å². The summed E-state index contributed by atoms with van der Waals surface area (Å²) in [6, 6.07) is 10.4. The zero-order chi connectivity index (χ0) is 17.5. The minimum Gasteiger partial charge on any atom is -0.436 e. The highest BCUT2D eigenvalue weighted by Gasteiger charge is 2.48. The molecular formula is C14H7ClF3NO4S. The maximum absolute atomic E-state index is 12.3. The molecule has 0 fully saturated rings. The van der Waals surface area contributed by atoms with E-state index in [0.717, 1.165) is 6.07 Å². The smallest absolute Gasteiger partial charge is 0.436 e. The molecule has 0 unspecified atom stereocenters. The molecule has 0 amide bonds. The number of alkyl halides is 3. The lowest BCUT2D eigenvalue weighted by Crippen LogP contribution is -2.28. The van der Waals surface area contributed by atoms with Crippen LogP contribution in [0.4, 0.5) is 13.2 Å². The fourth-order valence-corrected chi connectivity index (χ4v) is 2.60. The van der Waals surface area contributed by atoms with Gasteiger partial charge in [0.15, 0.2) is 11.3 Å². The average Bonchev–Trinajstić information content (AvgIpc) is 2.92. The van der Waals surface area contributed by atoms with Crippen LogP contribution in [0.15, 0.2) is 46.9 Å². The molecule has 5 nitrogen and oxygen atoms in total. The summed E-state index contributed by atoms with van der Waals surface area (Å²) in [6.45, 7) is 0. The van der Waals surface area contributed by atoms with Gasteiger partial charge in [0.2, 0.25) is 5.89 Å². The van der Waals surface area contributed by atoms with Gasteiger partial charge in [0.1, 0.15) is 5.52 Å². The van der Waals surface area contributed by atoms with Gasteiger partial charge in [-0.2, -0.15) is 21.6 Å². The quantitative estimate of drug-likeness (QED) is 0.500. The first kappa shape index (κ1) is 16.6. The van der Waals surface area contributed by atoms with Crippen LogP contribution in [0.5, 0.6) is 5.75 Å². The summed E-state index contributed by atoms with van der Waals surface area (Å²) in [4.78, 5) is 4.20. The number of fused-ring (bicyclic) bond motifs is 1. The second-order valence-electron chi connectivity index (χ2n) is 4.62. The third-order valence-corrected chi connectivity index (χ3v) is 4.22. The molecule has 0 spiro atoms. The van der Waals surface area contributed by atoms with Gasteiger partial charge < -0.3 is 8.60 Å². The standard InChI is InChI=1S/C14H7ClF3NO4S/c15-9-7-8(13-19-10-3-1-2-4-12(10)22-13)5-6-11(9)23-24(20,21)14(16,17)18/h1-7H. The molecule has 0 radical (unpaired) electrons. The fourth-order valence-electron chi connectivity index (χ4n) is 1.86. The van der Waals surface area contributed by atoms with Crippen LogP contribution in [-0.2, 0) is 10.1 Å². The molecule has 0 aliphatic carbocycles. The Bertz CT molecular complexity index is 981. The fraction of sp³-hybridized carbons (Fsp3) is 0.0714. The molecule has 0 saturated carbocycles. The highest BCUT2D eigenvalue weighted by molar-refractivity contribution is 7.88.